The molecule has 0 amide bonds. The van der Waals surface area contributed by atoms with E-state index in [9.17, 15) is 0 Å². The van der Waals surface area contributed by atoms with Crippen molar-refractivity contribution in [3.8, 4) is 5.75 Å². The highest BCUT2D eigenvalue weighted by molar-refractivity contribution is 5.79. The zero-order chi connectivity index (χ0) is 17.9. The first-order chi connectivity index (χ1) is 11.5. The molecule has 5 nitrogen and oxygen atoms in total. The van der Waals surface area contributed by atoms with Crippen LogP contribution in [0.1, 0.15) is 40.2 Å². The standard InChI is InChI=1S/C19H34N4O/c1-7-20-19(21-11-12-23(15(2)3)16(4)5)22-14-17-9-8-10-18(13-17)24-6/h8-10,13,15-16H,7,11-12,14H2,1-6H3,(H2,20,21,22). The molecular weight excluding hydrogens is 300 g/mol. The molecule has 0 saturated heterocycles. The third-order valence-corrected chi connectivity index (χ3v) is 3.89. The van der Waals surface area contributed by atoms with Gasteiger partial charge in [0.25, 0.3) is 0 Å². The first kappa shape index (κ1) is 20.3. The molecular formula is C19H34N4O. The molecule has 0 bridgehead atoms. The Bertz CT molecular complexity index is 492. The van der Waals surface area contributed by atoms with Crippen molar-refractivity contribution in [2.75, 3.05) is 26.7 Å². The molecule has 0 atom stereocenters. The van der Waals surface area contributed by atoms with E-state index in [1.54, 1.807) is 7.11 Å². The summed E-state index contributed by atoms with van der Waals surface area (Å²) in [5, 5.41) is 6.73. The van der Waals surface area contributed by atoms with Crippen molar-refractivity contribution < 1.29 is 4.74 Å². The second kappa shape index (κ2) is 10.9. The van der Waals surface area contributed by atoms with Crippen LogP contribution < -0.4 is 15.4 Å². The average molecular weight is 335 g/mol. The van der Waals surface area contributed by atoms with Gasteiger partial charge in [-0.25, -0.2) is 4.99 Å². The largest absolute Gasteiger partial charge is 0.497 e. The average Bonchev–Trinajstić information content (AvgIpc) is 2.55. The smallest absolute Gasteiger partial charge is 0.191 e. The molecule has 0 aliphatic heterocycles. The maximum absolute atomic E-state index is 5.26. The Hall–Kier alpha value is -1.75. The van der Waals surface area contributed by atoms with Gasteiger partial charge in [-0.15, -0.1) is 0 Å². The maximum Gasteiger partial charge on any atom is 0.191 e. The first-order valence-corrected chi connectivity index (χ1v) is 8.88. The van der Waals surface area contributed by atoms with Crippen LogP contribution in [-0.4, -0.2) is 49.7 Å². The molecule has 0 saturated carbocycles. The predicted octanol–water partition coefficient (Wildman–Crippen LogP) is 2.87. The minimum atomic E-state index is 0.545. The molecule has 0 unspecified atom stereocenters. The molecule has 2 N–H and O–H groups in total. The lowest BCUT2D eigenvalue weighted by Crippen LogP contribution is -2.45. The van der Waals surface area contributed by atoms with E-state index in [1.165, 1.54) is 0 Å². The number of rotatable bonds is 9. The van der Waals surface area contributed by atoms with Gasteiger partial charge in [0.2, 0.25) is 0 Å². The van der Waals surface area contributed by atoms with Gasteiger partial charge in [0.05, 0.1) is 13.7 Å². The number of hydrogen-bond donors (Lipinski definition) is 2. The van der Waals surface area contributed by atoms with Gasteiger partial charge < -0.3 is 15.4 Å². The highest BCUT2D eigenvalue weighted by Gasteiger charge is 2.12. The molecule has 0 radical (unpaired) electrons. The lowest BCUT2D eigenvalue weighted by molar-refractivity contribution is 0.178. The Balaban J connectivity index is 2.59. The van der Waals surface area contributed by atoms with Crippen LogP contribution in [0.25, 0.3) is 0 Å². The quantitative estimate of drug-likeness (QED) is 0.538. The number of hydrogen-bond acceptors (Lipinski definition) is 3. The van der Waals surface area contributed by atoms with E-state index in [0.29, 0.717) is 18.6 Å². The van der Waals surface area contributed by atoms with Crippen molar-refractivity contribution >= 4 is 5.96 Å². The van der Waals surface area contributed by atoms with Gasteiger partial charge in [-0.2, -0.15) is 0 Å². The summed E-state index contributed by atoms with van der Waals surface area (Å²) in [4.78, 5) is 7.14. The molecule has 1 aromatic rings. The Morgan fingerprint density at radius 2 is 1.88 bits per heavy atom. The van der Waals surface area contributed by atoms with Crippen molar-refractivity contribution in [1.29, 1.82) is 0 Å². The third kappa shape index (κ3) is 7.21. The topological polar surface area (TPSA) is 48.9 Å². The molecule has 0 aliphatic rings. The molecule has 0 aliphatic carbocycles. The highest BCUT2D eigenvalue weighted by Crippen LogP contribution is 2.13. The lowest BCUT2D eigenvalue weighted by atomic mass is 10.2. The van der Waals surface area contributed by atoms with E-state index in [1.807, 2.05) is 18.2 Å². The number of guanidine groups is 1. The van der Waals surface area contributed by atoms with E-state index in [2.05, 4.69) is 61.2 Å². The van der Waals surface area contributed by atoms with Gasteiger partial charge in [-0.1, -0.05) is 12.1 Å². The SMILES string of the molecule is CCNC(=NCc1cccc(OC)c1)NCCN(C(C)C)C(C)C. The summed E-state index contributed by atoms with van der Waals surface area (Å²) in [5.74, 6) is 1.72. The van der Waals surface area contributed by atoms with E-state index >= 15 is 0 Å². The van der Waals surface area contributed by atoms with Crippen LogP contribution in [0, 0.1) is 0 Å². The Morgan fingerprint density at radius 1 is 1.17 bits per heavy atom. The number of methoxy groups -OCH3 is 1. The molecule has 24 heavy (non-hydrogen) atoms. The van der Waals surface area contributed by atoms with Crippen LogP contribution in [-0.2, 0) is 6.54 Å². The second-order valence-electron chi connectivity index (χ2n) is 6.40. The maximum atomic E-state index is 5.26. The fraction of sp³-hybridized carbons (Fsp3) is 0.632. The van der Waals surface area contributed by atoms with Crippen molar-refractivity contribution in [2.45, 2.75) is 53.2 Å². The van der Waals surface area contributed by atoms with Crippen LogP contribution in [0.5, 0.6) is 5.75 Å². The number of ether oxygens (including phenoxy) is 1. The molecule has 0 spiro atoms. The Labute approximate surface area is 147 Å². The lowest BCUT2D eigenvalue weighted by Gasteiger charge is -2.30. The highest BCUT2D eigenvalue weighted by atomic mass is 16.5. The van der Waals surface area contributed by atoms with Crippen LogP contribution in [0.15, 0.2) is 29.3 Å². The van der Waals surface area contributed by atoms with Crippen molar-refractivity contribution in [3.63, 3.8) is 0 Å². The first-order valence-electron chi connectivity index (χ1n) is 8.88. The molecule has 5 heteroatoms. The number of aliphatic imine (C=N–C) groups is 1. The zero-order valence-corrected chi connectivity index (χ0v) is 16.1. The molecule has 1 rings (SSSR count). The normalized spacial score (nSPS) is 12.1. The van der Waals surface area contributed by atoms with E-state index < -0.39 is 0 Å². The summed E-state index contributed by atoms with van der Waals surface area (Å²) in [6, 6.07) is 9.11. The van der Waals surface area contributed by atoms with Gasteiger partial charge in [0, 0.05) is 31.7 Å². The Morgan fingerprint density at radius 3 is 2.46 bits per heavy atom. The van der Waals surface area contributed by atoms with Crippen molar-refractivity contribution in [2.24, 2.45) is 4.99 Å². The van der Waals surface area contributed by atoms with Crippen molar-refractivity contribution in [1.82, 2.24) is 15.5 Å². The molecule has 0 fully saturated rings. The molecule has 1 aromatic carbocycles. The van der Waals surface area contributed by atoms with Crippen LogP contribution in [0.2, 0.25) is 0 Å². The minimum absolute atomic E-state index is 0.545. The summed E-state index contributed by atoms with van der Waals surface area (Å²) in [6.07, 6.45) is 0. The molecule has 136 valence electrons. The van der Waals surface area contributed by atoms with Gasteiger partial charge >= 0.3 is 0 Å². The fourth-order valence-electron chi connectivity index (χ4n) is 2.70. The summed E-state index contributed by atoms with van der Waals surface area (Å²) < 4.78 is 5.26. The predicted molar refractivity (Wildman–Crippen MR) is 103 cm³/mol. The summed E-state index contributed by atoms with van der Waals surface area (Å²) in [7, 11) is 1.68. The molecule has 0 aromatic heterocycles. The van der Waals surface area contributed by atoms with Crippen molar-refractivity contribution in [3.05, 3.63) is 29.8 Å². The van der Waals surface area contributed by atoms with Gasteiger partial charge in [0.1, 0.15) is 5.75 Å². The Kier molecular flexibility index (Phi) is 9.23. The minimum Gasteiger partial charge on any atom is -0.497 e. The molecule has 0 heterocycles. The number of benzene rings is 1. The monoisotopic (exact) mass is 334 g/mol. The number of nitrogens with zero attached hydrogens (tertiary/aromatic N) is 2. The van der Waals surface area contributed by atoms with Gasteiger partial charge in [-0.05, 0) is 52.3 Å². The van der Waals surface area contributed by atoms with Crippen LogP contribution in [0.4, 0.5) is 0 Å². The summed E-state index contributed by atoms with van der Waals surface area (Å²) >= 11 is 0. The van der Waals surface area contributed by atoms with Gasteiger partial charge in [0.15, 0.2) is 5.96 Å². The summed E-state index contributed by atoms with van der Waals surface area (Å²) in [6.45, 7) is 14.4. The van der Waals surface area contributed by atoms with Crippen LogP contribution >= 0.6 is 0 Å². The second-order valence-corrected chi connectivity index (χ2v) is 6.40. The zero-order valence-electron chi connectivity index (χ0n) is 16.1. The van der Waals surface area contributed by atoms with Crippen LogP contribution in [0.3, 0.4) is 0 Å². The fourth-order valence-corrected chi connectivity index (χ4v) is 2.70. The van der Waals surface area contributed by atoms with E-state index in [-0.39, 0.29) is 0 Å². The number of nitrogens with one attached hydrogen (secondary N) is 2. The summed E-state index contributed by atoms with van der Waals surface area (Å²) in [5.41, 5.74) is 1.14. The van der Waals surface area contributed by atoms with E-state index in [0.717, 1.165) is 36.9 Å². The van der Waals surface area contributed by atoms with Gasteiger partial charge in [-0.3, -0.25) is 4.90 Å². The third-order valence-electron chi connectivity index (χ3n) is 3.89. The van der Waals surface area contributed by atoms with E-state index in [4.69, 9.17) is 4.74 Å².